The Balaban J connectivity index is 1.97. The molecule has 2 heterocycles. The zero-order chi connectivity index (χ0) is 16.8. The van der Waals surface area contributed by atoms with Crippen LogP contribution >= 0.6 is 11.3 Å². The lowest BCUT2D eigenvalue weighted by atomic mass is 9.78. The molecule has 1 aliphatic rings. The van der Waals surface area contributed by atoms with Gasteiger partial charge in [0.25, 0.3) is 0 Å². The first-order chi connectivity index (χ1) is 11.7. The van der Waals surface area contributed by atoms with E-state index in [-0.39, 0.29) is 5.97 Å². The van der Waals surface area contributed by atoms with Crippen LogP contribution in [0.2, 0.25) is 0 Å². The van der Waals surface area contributed by atoms with Crippen molar-refractivity contribution in [2.75, 3.05) is 14.2 Å². The fourth-order valence-corrected chi connectivity index (χ4v) is 4.81. The van der Waals surface area contributed by atoms with Crippen molar-refractivity contribution in [3.8, 4) is 0 Å². The van der Waals surface area contributed by atoms with E-state index in [1.807, 2.05) is 24.3 Å². The number of esters is 2. The third-order valence-electron chi connectivity index (χ3n) is 4.68. The molecule has 1 aliphatic carbocycles. The molecule has 0 spiro atoms. The molecule has 0 radical (unpaired) electrons. The number of ether oxygens (including phenoxy) is 2. The molecular weight excluding hydrogens is 328 g/mol. The van der Waals surface area contributed by atoms with Crippen molar-refractivity contribution >= 4 is 43.6 Å². The molecule has 1 aromatic carbocycles. The number of rotatable bonds is 2. The molecule has 4 rings (SSSR count). The number of carbonyl (C=O) groups excluding carboxylic acids is 2. The van der Waals surface area contributed by atoms with Gasteiger partial charge in [0, 0.05) is 22.1 Å². The summed E-state index contributed by atoms with van der Waals surface area (Å²) in [6.07, 6.45) is 1.12. The van der Waals surface area contributed by atoms with Crippen LogP contribution in [-0.4, -0.2) is 26.2 Å². The van der Waals surface area contributed by atoms with E-state index in [9.17, 15) is 9.59 Å². The van der Waals surface area contributed by atoms with Gasteiger partial charge in [-0.25, -0.2) is 0 Å². The van der Waals surface area contributed by atoms with E-state index in [4.69, 9.17) is 13.9 Å². The van der Waals surface area contributed by atoms with Gasteiger partial charge < -0.3 is 13.9 Å². The van der Waals surface area contributed by atoms with Crippen molar-refractivity contribution in [1.29, 1.82) is 0 Å². The molecule has 0 aliphatic heterocycles. The molecule has 5 nitrogen and oxygen atoms in total. The number of fused-ring (bicyclic) bond motifs is 5. The summed E-state index contributed by atoms with van der Waals surface area (Å²) < 4.78 is 18.0. The molecular formula is C18H16O5S. The average Bonchev–Trinajstić information content (AvgIpc) is 3.15. The number of aryl methyl sites for hydroxylation is 1. The summed E-state index contributed by atoms with van der Waals surface area (Å²) in [6.45, 7) is 0. The molecule has 0 saturated carbocycles. The van der Waals surface area contributed by atoms with Gasteiger partial charge in [-0.15, -0.1) is 11.3 Å². The molecule has 6 heteroatoms. The Bertz CT molecular complexity index is 951. The third-order valence-corrected chi connectivity index (χ3v) is 5.86. The summed E-state index contributed by atoms with van der Waals surface area (Å²) in [7, 11) is 2.68. The zero-order valence-corrected chi connectivity index (χ0v) is 14.1. The minimum Gasteiger partial charge on any atom is -0.469 e. The van der Waals surface area contributed by atoms with Crippen LogP contribution in [0.4, 0.5) is 0 Å². The highest BCUT2D eigenvalue weighted by atomic mass is 32.1. The second-order valence-corrected chi connectivity index (χ2v) is 6.92. The molecule has 0 unspecified atom stereocenters. The maximum absolute atomic E-state index is 12.5. The Kier molecular flexibility index (Phi) is 3.57. The monoisotopic (exact) mass is 344 g/mol. The number of hydrogen-bond acceptors (Lipinski definition) is 6. The predicted molar refractivity (Wildman–Crippen MR) is 90.2 cm³/mol. The smallest absolute Gasteiger partial charge is 0.314 e. The van der Waals surface area contributed by atoms with Crippen molar-refractivity contribution in [1.82, 2.24) is 0 Å². The highest BCUT2D eigenvalue weighted by Gasteiger charge is 2.44. The lowest BCUT2D eigenvalue weighted by molar-refractivity contribution is -0.154. The Labute approximate surface area is 142 Å². The van der Waals surface area contributed by atoms with E-state index in [1.165, 1.54) is 14.2 Å². The van der Waals surface area contributed by atoms with E-state index in [0.29, 0.717) is 12.8 Å². The zero-order valence-electron chi connectivity index (χ0n) is 13.3. The average molecular weight is 344 g/mol. The van der Waals surface area contributed by atoms with Crippen LogP contribution in [0, 0.1) is 5.92 Å². The topological polar surface area (TPSA) is 65.7 Å². The molecule has 0 N–H and O–H groups in total. The van der Waals surface area contributed by atoms with Gasteiger partial charge in [-0.3, -0.25) is 9.59 Å². The number of carbonyl (C=O) groups is 2. The molecule has 3 aromatic rings. The summed E-state index contributed by atoms with van der Waals surface area (Å²) in [5, 5.41) is 1.03. The van der Waals surface area contributed by atoms with Gasteiger partial charge in [0.05, 0.1) is 30.8 Å². The maximum Gasteiger partial charge on any atom is 0.314 e. The predicted octanol–water partition coefficient (Wildman–Crippen LogP) is 3.64. The minimum absolute atomic E-state index is 0.383. The van der Waals surface area contributed by atoms with Crippen LogP contribution in [0.25, 0.3) is 20.4 Å². The molecule has 24 heavy (non-hydrogen) atoms. The van der Waals surface area contributed by atoms with Crippen LogP contribution in [0.3, 0.4) is 0 Å². The van der Waals surface area contributed by atoms with Gasteiger partial charge in [-0.1, -0.05) is 12.1 Å². The number of benzene rings is 1. The molecule has 0 bridgehead atoms. The van der Waals surface area contributed by atoms with E-state index < -0.39 is 17.8 Å². The first-order valence-electron chi connectivity index (χ1n) is 7.74. The first-order valence-corrected chi connectivity index (χ1v) is 8.55. The van der Waals surface area contributed by atoms with Gasteiger partial charge in [-0.05, 0) is 18.6 Å². The number of methoxy groups -OCH3 is 2. The second-order valence-electron chi connectivity index (χ2n) is 5.86. The van der Waals surface area contributed by atoms with Crippen molar-refractivity contribution in [3.05, 3.63) is 35.6 Å². The normalized spacial score (nSPS) is 20.1. The number of thiophene rings is 1. The number of hydrogen-bond donors (Lipinski definition) is 0. The third kappa shape index (κ3) is 2.06. The van der Waals surface area contributed by atoms with Crippen molar-refractivity contribution < 1.29 is 23.5 Å². The van der Waals surface area contributed by atoms with Gasteiger partial charge in [0.2, 0.25) is 0 Å². The summed E-state index contributed by atoms with van der Waals surface area (Å²) >= 11 is 1.58. The summed E-state index contributed by atoms with van der Waals surface area (Å²) in [5.74, 6) is -1.25. The summed E-state index contributed by atoms with van der Waals surface area (Å²) in [6, 6.07) is 7.97. The fourth-order valence-electron chi connectivity index (χ4n) is 3.57. The van der Waals surface area contributed by atoms with Crippen LogP contribution in [0.1, 0.15) is 23.7 Å². The van der Waals surface area contributed by atoms with E-state index in [0.717, 1.165) is 31.7 Å². The second kappa shape index (κ2) is 5.63. The van der Waals surface area contributed by atoms with E-state index >= 15 is 0 Å². The SMILES string of the molecule is COC(=O)[C@H]1CCc2oc3c(sc4ccccc43)c2[C@@H]1C(=O)OC. The first kappa shape index (κ1) is 15.2. The quantitative estimate of drug-likeness (QED) is 0.664. The molecule has 124 valence electrons. The minimum atomic E-state index is -0.680. The Morgan fingerprint density at radius 3 is 2.67 bits per heavy atom. The molecule has 0 amide bonds. The Hall–Kier alpha value is -2.34. The molecule has 0 fully saturated rings. The Morgan fingerprint density at radius 2 is 1.92 bits per heavy atom. The standard InChI is InChI=1S/C18H16O5S/c1-21-17(19)10-7-8-11-14(13(10)18(20)22-2)16-15(23-11)9-5-3-4-6-12(9)24-16/h3-6,10,13H,7-8H2,1-2H3/t10-,13+/m0/s1. The molecule has 0 saturated heterocycles. The lowest BCUT2D eigenvalue weighted by Gasteiger charge is -2.27. The van der Waals surface area contributed by atoms with Crippen molar-refractivity contribution in [2.24, 2.45) is 5.92 Å². The maximum atomic E-state index is 12.5. The molecule has 2 aromatic heterocycles. The van der Waals surface area contributed by atoms with Crippen molar-refractivity contribution in [2.45, 2.75) is 18.8 Å². The van der Waals surface area contributed by atoms with Gasteiger partial charge in [0.15, 0.2) is 5.58 Å². The lowest BCUT2D eigenvalue weighted by Crippen LogP contribution is -2.33. The highest BCUT2D eigenvalue weighted by molar-refractivity contribution is 7.26. The van der Waals surface area contributed by atoms with Gasteiger partial charge in [-0.2, -0.15) is 0 Å². The van der Waals surface area contributed by atoms with Crippen molar-refractivity contribution in [3.63, 3.8) is 0 Å². The van der Waals surface area contributed by atoms with Gasteiger partial charge >= 0.3 is 11.9 Å². The van der Waals surface area contributed by atoms with Crippen LogP contribution in [0.15, 0.2) is 28.7 Å². The van der Waals surface area contributed by atoms with Gasteiger partial charge in [0.1, 0.15) is 5.76 Å². The summed E-state index contributed by atoms with van der Waals surface area (Å²) in [4.78, 5) is 24.6. The molecule has 2 atom stereocenters. The van der Waals surface area contributed by atoms with E-state index in [2.05, 4.69) is 0 Å². The Morgan fingerprint density at radius 1 is 1.17 bits per heavy atom. The van der Waals surface area contributed by atoms with Crippen LogP contribution in [-0.2, 0) is 25.5 Å². The van der Waals surface area contributed by atoms with Crippen LogP contribution < -0.4 is 0 Å². The number of furan rings is 1. The fraction of sp³-hybridized carbons (Fsp3) is 0.333. The summed E-state index contributed by atoms with van der Waals surface area (Å²) in [5.41, 5.74) is 1.58. The van der Waals surface area contributed by atoms with E-state index in [1.54, 1.807) is 11.3 Å². The highest BCUT2D eigenvalue weighted by Crippen LogP contribution is 2.48. The van der Waals surface area contributed by atoms with Crippen LogP contribution in [0.5, 0.6) is 0 Å². The largest absolute Gasteiger partial charge is 0.469 e.